The third kappa shape index (κ3) is 7.64. The molecule has 0 rings (SSSR count). The zero-order valence-corrected chi connectivity index (χ0v) is 10.4. The number of rotatable bonds is 9. The van der Waals surface area contributed by atoms with E-state index < -0.39 is 11.4 Å². The van der Waals surface area contributed by atoms with Crippen molar-refractivity contribution in [2.75, 3.05) is 25.2 Å². The summed E-state index contributed by atoms with van der Waals surface area (Å²) in [4.78, 5) is 10.9. The second kappa shape index (κ2) is 7.96. The van der Waals surface area contributed by atoms with Crippen molar-refractivity contribution in [3.05, 3.63) is 0 Å². The first-order valence-electron chi connectivity index (χ1n) is 5.16. The summed E-state index contributed by atoms with van der Waals surface area (Å²) in [6.45, 7) is 2.48. The van der Waals surface area contributed by atoms with Crippen LogP contribution in [0.15, 0.2) is 0 Å². The molecule has 0 heterocycles. The fourth-order valence-corrected chi connectivity index (χ4v) is 1.96. The molecule has 0 bridgehead atoms. The maximum absolute atomic E-state index is 10.9. The van der Waals surface area contributed by atoms with Gasteiger partial charge in [-0.2, -0.15) is 11.8 Å². The summed E-state index contributed by atoms with van der Waals surface area (Å²) in [6, 6.07) is 0. The highest BCUT2D eigenvalue weighted by Gasteiger charge is 2.24. The van der Waals surface area contributed by atoms with Gasteiger partial charge in [-0.05, 0) is 25.5 Å². The quantitative estimate of drug-likeness (QED) is 0.577. The second-order valence-corrected chi connectivity index (χ2v) is 5.07. The number of hydrogen-bond acceptors (Lipinski definition) is 4. The third-order valence-corrected chi connectivity index (χ3v) is 3.26. The number of thioether (sulfide) groups is 1. The lowest BCUT2D eigenvalue weighted by Gasteiger charge is -2.19. The van der Waals surface area contributed by atoms with E-state index in [-0.39, 0.29) is 0 Å². The van der Waals surface area contributed by atoms with Crippen LogP contribution in [0.5, 0.6) is 0 Å². The Morgan fingerprint density at radius 3 is 2.60 bits per heavy atom. The van der Waals surface area contributed by atoms with Crippen molar-refractivity contribution < 1.29 is 9.53 Å². The third-order valence-electron chi connectivity index (χ3n) is 2.23. The van der Waals surface area contributed by atoms with Gasteiger partial charge in [-0.15, -0.1) is 0 Å². The highest BCUT2D eigenvalue weighted by Crippen LogP contribution is 2.12. The Morgan fingerprint density at radius 1 is 1.40 bits per heavy atom. The normalized spacial score (nSPS) is 14.9. The van der Waals surface area contributed by atoms with Gasteiger partial charge in [0.05, 0.1) is 12.1 Å². The molecular formula is C10H22N2O2S. The smallest absolute Gasteiger partial charge is 0.237 e. The molecule has 0 aromatic heterocycles. The van der Waals surface area contributed by atoms with Gasteiger partial charge in [-0.25, -0.2) is 0 Å². The number of unbranched alkanes of at least 4 members (excludes halogenated alkanes) is 1. The van der Waals surface area contributed by atoms with E-state index in [1.54, 1.807) is 14.0 Å². The Hall–Kier alpha value is -0.260. The van der Waals surface area contributed by atoms with Gasteiger partial charge in [-0.3, -0.25) is 4.79 Å². The molecule has 0 aromatic carbocycles. The predicted molar refractivity (Wildman–Crippen MR) is 64.8 cm³/mol. The van der Waals surface area contributed by atoms with Crippen molar-refractivity contribution in [2.24, 2.45) is 11.5 Å². The van der Waals surface area contributed by atoms with Crippen LogP contribution in [0.1, 0.15) is 26.2 Å². The molecule has 1 unspecified atom stereocenters. The number of nitrogens with two attached hydrogens (primary N) is 2. The van der Waals surface area contributed by atoms with E-state index in [1.165, 1.54) is 0 Å². The lowest BCUT2D eigenvalue weighted by Crippen LogP contribution is -2.49. The number of carbonyl (C=O) groups excluding carboxylic acids is 1. The van der Waals surface area contributed by atoms with Crippen LogP contribution in [-0.4, -0.2) is 36.7 Å². The molecule has 0 spiro atoms. The number of ether oxygens (including phenoxy) is 1. The molecule has 1 atom stereocenters. The van der Waals surface area contributed by atoms with E-state index in [1.807, 2.05) is 11.8 Å². The average Bonchev–Trinajstić information content (AvgIpc) is 2.16. The van der Waals surface area contributed by atoms with E-state index >= 15 is 0 Å². The minimum absolute atomic E-state index is 0.422. The Morgan fingerprint density at radius 2 is 2.07 bits per heavy atom. The SMILES string of the molecule is COCCSCCCCC(C)(N)C(N)=O. The maximum atomic E-state index is 10.9. The number of primary amides is 1. The minimum atomic E-state index is -0.850. The fourth-order valence-electron chi connectivity index (χ4n) is 1.06. The van der Waals surface area contributed by atoms with Crippen LogP contribution in [0.2, 0.25) is 0 Å². The van der Waals surface area contributed by atoms with Gasteiger partial charge in [-0.1, -0.05) is 6.42 Å². The summed E-state index contributed by atoms with van der Waals surface area (Å²) >= 11 is 1.85. The number of methoxy groups -OCH3 is 1. The topological polar surface area (TPSA) is 78.3 Å². The maximum Gasteiger partial charge on any atom is 0.237 e. The lowest BCUT2D eigenvalue weighted by atomic mass is 9.96. The molecule has 0 aliphatic carbocycles. The van der Waals surface area contributed by atoms with E-state index in [2.05, 4.69) is 0 Å². The van der Waals surface area contributed by atoms with Crippen molar-refractivity contribution >= 4 is 17.7 Å². The van der Waals surface area contributed by atoms with Gasteiger partial charge in [0.25, 0.3) is 0 Å². The van der Waals surface area contributed by atoms with Crippen LogP contribution in [0.4, 0.5) is 0 Å². The predicted octanol–water partition coefficient (Wildman–Crippen LogP) is 0.739. The Labute approximate surface area is 96.1 Å². The molecule has 90 valence electrons. The summed E-state index contributed by atoms with van der Waals surface area (Å²) in [6.07, 6.45) is 2.66. The molecule has 0 radical (unpaired) electrons. The summed E-state index contributed by atoms with van der Waals surface area (Å²) in [7, 11) is 1.70. The van der Waals surface area contributed by atoms with Crippen molar-refractivity contribution in [3.8, 4) is 0 Å². The van der Waals surface area contributed by atoms with E-state index in [0.29, 0.717) is 6.42 Å². The number of amides is 1. The van der Waals surface area contributed by atoms with Crippen LogP contribution in [-0.2, 0) is 9.53 Å². The van der Waals surface area contributed by atoms with Crippen LogP contribution < -0.4 is 11.5 Å². The standard InChI is InChI=1S/C10H22N2O2S/c1-10(12,9(11)13)5-3-4-7-15-8-6-14-2/h3-8,12H2,1-2H3,(H2,11,13). The van der Waals surface area contributed by atoms with Gasteiger partial charge in [0, 0.05) is 12.9 Å². The van der Waals surface area contributed by atoms with Crippen molar-refractivity contribution in [2.45, 2.75) is 31.7 Å². The van der Waals surface area contributed by atoms with Gasteiger partial charge < -0.3 is 16.2 Å². The first-order chi connectivity index (χ1) is 7.00. The molecule has 0 aromatic rings. The van der Waals surface area contributed by atoms with E-state index in [4.69, 9.17) is 16.2 Å². The molecular weight excluding hydrogens is 212 g/mol. The van der Waals surface area contributed by atoms with E-state index in [0.717, 1.165) is 31.0 Å². The number of hydrogen-bond donors (Lipinski definition) is 2. The molecule has 0 saturated heterocycles. The molecule has 4 N–H and O–H groups in total. The molecule has 1 amide bonds. The summed E-state index contributed by atoms with van der Waals surface area (Å²) in [5.74, 6) is 1.68. The van der Waals surface area contributed by atoms with Crippen LogP contribution >= 0.6 is 11.8 Å². The van der Waals surface area contributed by atoms with Crippen LogP contribution in [0.25, 0.3) is 0 Å². The van der Waals surface area contributed by atoms with Crippen molar-refractivity contribution in [3.63, 3.8) is 0 Å². The number of carbonyl (C=O) groups is 1. The molecule has 0 aliphatic rings. The molecule has 0 fully saturated rings. The molecule has 0 saturated carbocycles. The van der Waals surface area contributed by atoms with Crippen LogP contribution in [0, 0.1) is 0 Å². The molecule has 5 heteroatoms. The average molecular weight is 234 g/mol. The zero-order valence-electron chi connectivity index (χ0n) is 9.62. The summed E-state index contributed by atoms with van der Waals surface area (Å²) < 4.78 is 4.93. The Kier molecular flexibility index (Phi) is 7.82. The first-order valence-corrected chi connectivity index (χ1v) is 6.31. The first kappa shape index (κ1) is 14.7. The Balaban J connectivity index is 3.35. The largest absolute Gasteiger partial charge is 0.384 e. The highest BCUT2D eigenvalue weighted by molar-refractivity contribution is 7.99. The van der Waals surface area contributed by atoms with Crippen molar-refractivity contribution in [1.82, 2.24) is 0 Å². The van der Waals surface area contributed by atoms with Gasteiger partial charge >= 0.3 is 0 Å². The van der Waals surface area contributed by atoms with Gasteiger partial charge in [0.2, 0.25) is 5.91 Å². The zero-order chi connectivity index (χ0) is 11.7. The second-order valence-electron chi connectivity index (χ2n) is 3.84. The summed E-state index contributed by atoms with van der Waals surface area (Å²) in [5.41, 5.74) is 10.0. The highest BCUT2D eigenvalue weighted by atomic mass is 32.2. The Bertz CT molecular complexity index is 186. The monoisotopic (exact) mass is 234 g/mol. The molecule has 4 nitrogen and oxygen atoms in total. The minimum Gasteiger partial charge on any atom is -0.384 e. The molecule has 15 heavy (non-hydrogen) atoms. The summed E-state index contributed by atoms with van der Waals surface area (Å²) in [5, 5.41) is 0. The van der Waals surface area contributed by atoms with Crippen molar-refractivity contribution in [1.29, 1.82) is 0 Å². The van der Waals surface area contributed by atoms with Crippen LogP contribution in [0.3, 0.4) is 0 Å². The fraction of sp³-hybridized carbons (Fsp3) is 0.900. The van der Waals surface area contributed by atoms with Gasteiger partial charge in [0.15, 0.2) is 0 Å². The lowest BCUT2D eigenvalue weighted by molar-refractivity contribution is -0.122. The van der Waals surface area contributed by atoms with Gasteiger partial charge in [0.1, 0.15) is 0 Å². The van der Waals surface area contributed by atoms with E-state index in [9.17, 15) is 4.79 Å². The molecule has 0 aliphatic heterocycles.